The number of imide groups is 1. The molecule has 0 saturated heterocycles. The molecular weight excluding hydrogens is 272 g/mol. The van der Waals surface area contributed by atoms with Gasteiger partial charge < -0.3 is 4.42 Å². The molecule has 6 heteroatoms. The van der Waals surface area contributed by atoms with Crippen LogP contribution in [0.4, 0.5) is 5.69 Å². The number of rotatable bonds is 5. The lowest BCUT2D eigenvalue weighted by atomic mass is 10.2. The fourth-order valence-electron chi connectivity index (χ4n) is 2.15. The topological polar surface area (TPSA) is 83.4 Å². The Balaban J connectivity index is 2.43. The maximum atomic E-state index is 12.2. The van der Waals surface area contributed by atoms with Crippen molar-refractivity contribution in [3.05, 3.63) is 28.7 Å². The second-order valence-electron chi connectivity index (χ2n) is 4.82. The molecule has 0 spiro atoms. The van der Waals surface area contributed by atoms with Gasteiger partial charge >= 0.3 is 5.76 Å². The van der Waals surface area contributed by atoms with E-state index in [0.717, 1.165) is 0 Å². The fourth-order valence-corrected chi connectivity index (χ4v) is 2.15. The lowest BCUT2D eigenvalue weighted by molar-refractivity contribution is -0.126. The number of amides is 2. The molecule has 21 heavy (non-hydrogen) atoms. The number of aromatic nitrogens is 1. The zero-order valence-electron chi connectivity index (χ0n) is 12.1. The molecule has 2 aromatic rings. The van der Waals surface area contributed by atoms with Crippen molar-refractivity contribution < 1.29 is 14.0 Å². The molecule has 1 aromatic heterocycles. The van der Waals surface area contributed by atoms with Crippen LogP contribution in [0.1, 0.15) is 39.5 Å². The summed E-state index contributed by atoms with van der Waals surface area (Å²) in [7, 11) is 0. The van der Waals surface area contributed by atoms with Gasteiger partial charge in [-0.15, -0.1) is 0 Å². The van der Waals surface area contributed by atoms with Crippen LogP contribution in [0.25, 0.3) is 11.1 Å². The number of aromatic amines is 1. The second-order valence-corrected chi connectivity index (χ2v) is 4.82. The Kier molecular flexibility index (Phi) is 4.57. The Morgan fingerprint density at radius 3 is 2.33 bits per heavy atom. The van der Waals surface area contributed by atoms with Crippen LogP contribution in [-0.4, -0.2) is 16.8 Å². The highest BCUT2D eigenvalue weighted by molar-refractivity contribution is 6.15. The smallest absolute Gasteiger partial charge is 0.408 e. The molecule has 0 fully saturated rings. The molecule has 0 atom stereocenters. The van der Waals surface area contributed by atoms with Gasteiger partial charge in [0.15, 0.2) is 5.58 Å². The van der Waals surface area contributed by atoms with Crippen molar-refractivity contribution in [3.63, 3.8) is 0 Å². The summed E-state index contributed by atoms with van der Waals surface area (Å²) in [6.07, 6.45) is 1.92. The molecule has 2 rings (SSSR count). The average molecular weight is 290 g/mol. The molecule has 112 valence electrons. The minimum absolute atomic E-state index is 0.242. The molecule has 1 heterocycles. The van der Waals surface area contributed by atoms with E-state index in [2.05, 4.69) is 4.98 Å². The van der Waals surface area contributed by atoms with Gasteiger partial charge in [-0.2, -0.15) is 0 Å². The Morgan fingerprint density at radius 2 is 1.76 bits per heavy atom. The first kappa shape index (κ1) is 15.0. The second kappa shape index (κ2) is 6.39. The third-order valence-electron chi connectivity index (χ3n) is 3.09. The van der Waals surface area contributed by atoms with Crippen molar-refractivity contribution in [2.24, 2.45) is 0 Å². The third-order valence-corrected chi connectivity index (χ3v) is 3.09. The maximum absolute atomic E-state index is 12.2. The fraction of sp³-hybridized carbons (Fsp3) is 0.400. The third kappa shape index (κ3) is 3.21. The molecule has 1 aromatic carbocycles. The number of hydrogen-bond acceptors (Lipinski definition) is 4. The molecule has 0 aliphatic carbocycles. The van der Waals surface area contributed by atoms with Crippen LogP contribution in [0.2, 0.25) is 0 Å². The normalized spacial score (nSPS) is 10.8. The predicted molar refractivity (Wildman–Crippen MR) is 79.1 cm³/mol. The van der Waals surface area contributed by atoms with Crippen LogP contribution in [0.3, 0.4) is 0 Å². The summed E-state index contributed by atoms with van der Waals surface area (Å²) in [5, 5.41) is 0. The Morgan fingerprint density at radius 1 is 1.14 bits per heavy atom. The van der Waals surface area contributed by atoms with Crippen LogP contribution in [0.15, 0.2) is 27.4 Å². The number of oxazole rings is 1. The van der Waals surface area contributed by atoms with E-state index < -0.39 is 5.76 Å². The van der Waals surface area contributed by atoms with Crippen molar-refractivity contribution in [1.29, 1.82) is 0 Å². The summed E-state index contributed by atoms with van der Waals surface area (Å²) in [4.78, 5) is 39.3. The molecule has 0 aliphatic heterocycles. The molecule has 0 aliphatic rings. The number of benzene rings is 1. The zero-order valence-corrected chi connectivity index (χ0v) is 12.1. The molecule has 6 nitrogen and oxygen atoms in total. The van der Waals surface area contributed by atoms with Gasteiger partial charge in [0, 0.05) is 18.9 Å². The van der Waals surface area contributed by atoms with Gasteiger partial charge in [0.05, 0.1) is 11.2 Å². The first-order chi connectivity index (χ1) is 10.1. The molecule has 1 N–H and O–H groups in total. The molecule has 2 amide bonds. The minimum Gasteiger partial charge on any atom is -0.408 e. The van der Waals surface area contributed by atoms with Crippen LogP contribution < -0.4 is 10.7 Å². The van der Waals surface area contributed by atoms with Crippen molar-refractivity contribution in [2.75, 3.05) is 4.90 Å². The lowest BCUT2D eigenvalue weighted by Gasteiger charge is -2.20. The Labute approximate surface area is 121 Å². The Bertz CT molecular complexity index is 696. The number of H-pyrrole nitrogens is 1. The first-order valence-electron chi connectivity index (χ1n) is 7.05. The average Bonchev–Trinajstić information content (AvgIpc) is 2.79. The van der Waals surface area contributed by atoms with Crippen molar-refractivity contribution >= 4 is 28.6 Å². The highest BCUT2D eigenvalue weighted by Gasteiger charge is 2.22. The van der Waals surface area contributed by atoms with Gasteiger partial charge in [0.2, 0.25) is 11.8 Å². The monoisotopic (exact) mass is 290 g/mol. The number of nitrogens with one attached hydrogen (secondary N) is 1. The van der Waals surface area contributed by atoms with E-state index >= 15 is 0 Å². The molecule has 0 saturated carbocycles. The van der Waals surface area contributed by atoms with E-state index in [1.54, 1.807) is 12.1 Å². The van der Waals surface area contributed by atoms with Crippen molar-refractivity contribution in [2.45, 2.75) is 39.5 Å². The number of carbonyl (C=O) groups is 2. The van der Waals surface area contributed by atoms with E-state index in [-0.39, 0.29) is 11.8 Å². The van der Waals surface area contributed by atoms with E-state index in [0.29, 0.717) is 42.5 Å². The van der Waals surface area contributed by atoms with E-state index in [1.165, 1.54) is 11.0 Å². The summed E-state index contributed by atoms with van der Waals surface area (Å²) >= 11 is 0. The number of hydrogen-bond donors (Lipinski definition) is 1. The van der Waals surface area contributed by atoms with Gasteiger partial charge in [-0.3, -0.25) is 19.5 Å². The highest BCUT2D eigenvalue weighted by Crippen LogP contribution is 2.22. The molecule has 0 bridgehead atoms. The van der Waals surface area contributed by atoms with Crippen LogP contribution in [-0.2, 0) is 9.59 Å². The van der Waals surface area contributed by atoms with Gasteiger partial charge in [-0.05, 0) is 25.0 Å². The number of fused-ring (bicyclic) bond motifs is 1. The van der Waals surface area contributed by atoms with Crippen LogP contribution in [0.5, 0.6) is 0 Å². The Hall–Kier alpha value is -2.37. The lowest BCUT2D eigenvalue weighted by Crippen LogP contribution is -2.36. The first-order valence-corrected chi connectivity index (χ1v) is 7.05. The summed E-state index contributed by atoms with van der Waals surface area (Å²) < 4.78 is 4.98. The summed E-state index contributed by atoms with van der Waals surface area (Å²) in [6.45, 7) is 3.77. The number of anilines is 1. The zero-order chi connectivity index (χ0) is 15.4. The predicted octanol–water partition coefficient (Wildman–Crippen LogP) is 2.58. The van der Waals surface area contributed by atoms with E-state index in [1.807, 2.05) is 13.8 Å². The maximum Gasteiger partial charge on any atom is 0.417 e. The summed E-state index contributed by atoms with van der Waals surface area (Å²) in [5.41, 5.74) is 1.30. The summed E-state index contributed by atoms with van der Waals surface area (Å²) in [5.74, 6) is -1.05. The molecule has 0 radical (unpaired) electrons. The van der Waals surface area contributed by atoms with E-state index in [9.17, 15) is 14.4 Å². The van der Waals surface area contributed by atoms with Crippen molar-refractivity contribution in [1.82, 2.24) is 4.98 Å². The number of nitrogens with zero attached hydrogens (tertiary/aromatic N) is 1. The summed E-state index contributed by atoms with van der Waals surface area (Å²) in [6, 6.07) is 4.80. The largest absolute Gasteiger partial charge is 0.417 e. The van der Waals surface area contributed by atoms with Gasteiger partial charge in [0.25, 0.3) is 0 Å². The molecular formula is C15H18N2O4. The minimum atomic E-state index is -0.562. The van der Waals surface area contributed by atoms with Crippen LogP contribution >= 0.6 is 0 Å². The van der Waals surface area contributed by atoms with Crippen LogP contribution in [0, 0.1) is 0 Å². The van der Waals surface area contributed by atoms with Crippen molar-refractivity contribution in [3.8, 4) is 0 Å². The highest BCUT2D eigenvalue weighted by atomic mass is 16.4. The standard InChI is InChI=1S/C15H18N2O4/c1-3-5-13(18)17(14(19)6-4-2)10-7-8-11-12(9-10)21-15(20)16-11/h7-9H,3-6H2,1-2H3,(H,16,20). The van der Waals surface area contributed by atoms with Gasteiger partial charge in [-0.1, -0.05) is 13.8 Å². The van der Waals surface area contributed by atoms with Gasteiger partial charge in [-0.25, -0.2) is 4.79 Å². The SMILES string of the molecule is CCCC(=O)N(C(=O)CCC)c1ccc2[nH]c(=O)oc2c1. The molecule has 0 unspecified atom stereocenters. The quantitative estimate of drug-likeness (QED) is 0.917. The van der Waals surface area contributed by atoms with Gasteiger partial charge in [0.1, 0.15) is 0 Å². The number of carbonyl (C=O) groups excluding carboxylic acids is 2. The van der Waals surface area contributed by atoms with E-state index in [4.69, 9.17) is 4.42 Å².